The Morgan fingerprint density at radius 3 is 2.66 bits per heavy atom. The Kier molecular flexibility index (Phi) is 7.16. The van der Waals surface area contributed by atoms with Crippen LogP contribution < -0.4 is 15.0 Å². The molecule has 3 aromatic rings. The minimum atomic E-state index is -0.121. The van der Waals surface area contributed by atoms with Gasteiger partial charge in [-0.2, -0.15) is 0 Å². The first-order valence-corrected chi connectivity index (χ1v) is 9.62. The quantitative estimate of drug-likeness (QED) is 0.608. The summed E-state index contributed by atoms with van der Waals surface area (Å²) < 4.78 is 5.23. The molecule has 2 aromatic heterocycles. The molecule has 1 amide bonds. The lowest BCUT2D eigenvalue weighted by Crippen LogP contribution is -2.26. The second kappa shape index (κ2) is 10.2. The van der Waals surface area contributed by atoms with Crippen LogP contribution in [0.4, 0.5) is 5.69 Å². The van der Waals surface area contributed by atoms with Gasteiger partial charge in [0.15, 0.2) is 0 Å². The Hall–Kier alpha value is -3.41. The van der Waals surface area contributed by atoms with Gasteiger partial charge in [0.2, 0.25) is 0 Å². The zero-order valence-electron chi connectivity index (χ0n) is 16.8. The molecular weight excluding hydrogens is 364 g/mol. The topological polar surface area (TPSA) is 67.3 Å². The molecule has 0 atom stereocenters. The SMILES string of the molecule is COc1cccc(CCNC(=O)c2cncc(N(C)CCc3ccncc3)c2)c1. The van der Waals surface area contributed by atoms with Crippen LogP contribution in [-0.2, 0) is 12.8 Å². The Bertz CT molecular complexity index is 931. The molecular formula is C23H26N4O2. The summed E-state index contributed by atoms with van der Waals surface area (Å²) in [5, 5.41) is 2.96. The molecule has 3 rings (SSSR count). The molecule has 0 aliphatic heterocycles. The largest absolute Gasteiger partial charge is 0.497 e. The molecule has 0 unspecified atom stereocenters. The molecule has 0 saturated carbocycles. The Morgan fingerprint density at radius 2 is 1.86 bits per heavy atom. The van der Waals surface area contributed by atoms with Crippen molar-refractivity contribution in [3.05, 3.63) is 83.9 Å². The Labute approximate surface area is 171 Å². The molecule has 6 heteroatoms. The summed E-state index contributed by atoms with van der Waals surface area (Å²) in [5.74, 6) is 0.699. The second-order valence-electron chi connectivity index (χ2n) is 6.82. The average molecular weight is 390 g/mol. The van der Waals surface area contributed by atoms with E-state index in [0.29, 0.717) is 12.1 Å². The van der Waals surface area contributed by atoms with Crippen molar-refractivity contribution in [2.24, 2.45) is 0 Å². The lowest BCUT2D eigenvalue weighted by molar-refractivity contribution is 0.0954. The molecule has 0 saturated heterocycles. The van der Waals surface area contributed by atoms with Crippen LogP contribution in [0.2, 0.25) is 0 Å². The summed E-state index contributed by atoms with van der Waals surface area (Å²) in [6.07, 6.45) is 8.61. The number of amides is 1. The molecule has 0 aliphatic rings. The zero-order chi connectivity index (χ0) is 20.5. The van der Waals surface area contributed by atoms with Crippen molar-refractivity contribution in [1.29, 1.82) is 0 Å². The van der Waals surface area contributed by atoms with Crippen LogP contribution in [0, 0.1) is 0 Å². The number of pyridine rings is 2. The number of aromatic nitrogens is 2. The number of carbonyl (C=O) groups excluding carboxylic acids is 1. The van der Waals surface area contributed by atoms with Gasteiger partial charge < -0.3 is 15.0 Å². The first-order chi connectivity index (χ1) is 14.2. The normalized spacial score (nSPS) is 10.4. The first kappa shape index (κ1) is 20.3. The van der Waals surface area contributed by atoms with Gasteiger partial charge in [-0.3, -0.25) is 14.8 Å². The maximum atomic E-state index is 12.5. The second-order valence-corrected chi connectivity index (χ2v) is 6.82. The van der Waals surface area contributed by atoms with Crippen LogP contribution in [0.25, 0.3) is 0 Å². The summed E-state index contributed by atoms with van der Waals surface area (Å²) in [5.41, 5.74) is 3.82. The molecule has 2 heterocycles. The number of nitrogens with zero attached hydrogens (tertiary/aromatic N) is 3. The molecule has 150 valence electrons. The third-order valence-electron chi connectivity index (χ3n) is 4.75. The number of methoxy groups -OCH3 is 1. The fourth-order valence-corrected chi connectivity index (χ4v) is 2.99. The predicted octanol–water partition coefficient (Wildman–Crippen LogP) is 3.14. The Morgan fingerprint density at radius 1 is 1.03 bits per heavy atom. The number of ether oxygens (including phenoxy) is 1. The molecule has 0 bridgehead atoms. The monoisotopic (exact) mass is 390 g/mol. The highest BCUT2D eigenvalue weighted by atomic mass is 16.5. The van der Waals surface area contributed by atoms with Gasteiger partial charge in [0.05, 0.1) is 24.6 Å². The zero-order valence-corrected chi connectivity index (χ0v) is 16.8. The van der Waals surface area contributed by atoms with E-state index < -0.39 is 0 Å². The van der Waals surface area contributed by atoms with E-state index in [1.807, 2.05) is 49.5 Å². The fraction of sp³-hybridized carbons (Fsp3) is 0.261. The van der Waals surface area contributed by atoms with E-state index in [1.54, 1.807) is 31.9 Å². The number of carbonyl (C=O) groups is 1. The van der Waals surface area contributed by atoms with E-state index in [4.69, 9.17) is 4.74 Å². The highest BCUT2D eigenvalue weighted by Crippen LogP contribution is 2.15. The van der Waals surface area contributed by atoms with Crippen LogP contribution in [0.3, 0.4) is 0 Å². The number of rotatable bonds is 9. The van der Waals surface area contributed by atoms with Gasteiger partial charge in [-0.1, -0.05) is 12.1 Å². The average Bonchev–Trinajstić information content (AvgIpc) is 2.78. The van der Waals surface area contributed by atoms with Crippen LogP contribution in [0.15, 0.2) is 67.3 Å². The molecule has 29 heavy (non-hydrogen) atoms. The third kappa shape index (κ3) is 6.04. The summed E-state index contributed by atoms with van der Waals surface area (Å²) >= 11 is 0. The number of anilines is 1. The van der Waals surface area contributed by atoms with Crippen molar-refractivity contribution in [1.82, 2.24) is 15.3 Å². The molecule has 0 radical (unpaired) electrons. The summed E-state index contributed by atoms with van der Waals surface area (Å²) in [7, 11) is 3.65. The van der Waals surface area contributed by atoms with Gasteiger partial charge in [0.25, 0.3) is 5.91 Å². The Balaban J connectivity index is 1.53. The number of likely N-dealkylation sites (N-methyl/N-ethyl adjacent to an activating group) is 1. The number of nitrogens with one attached hydrogen (secondary N) is 1. The van der Waals surface area contributed by atoms with Crippen molar-refractivity contribution < 1.29 is 9.53 Å². The van der Waals surface area contributed by atoms with Crippen LogP contribution in [0.1, 0.15) is 21.5 Å². The van der Waals surface area contributed by atoms with E-state index >= 15 is 0 Å². The van der Waals surface area contributed by atoms with Crippen LogP contribution >= 0.6 is 0 Å². The number of benzene rings is 1. The van der Waals surface area contributed by atoms with E-state index in [2.05, 4.69) is 20.2 Å². The predicted molar refractivity (Wildman–Crippen MR) is 114 cm³/mol. The highest BCUT2D eigenvalue weighted by molar-refractivity contribution is 5.94. The van der Waals surface area contributed by atoms with Gasteiger partial charge in [-0.05, 0) is 54.3 Å². The number of hydrogen-bond donors (Lipinski definition) is 1. The summed E-state index contributed by atoms with van der Waals surface area (Å²) in [6.45, 7) is 1.38. The smallest absolute Gasteiger partial charge is 0.252 e. The molecule has 0 aliphatic carbocycles. The maximum Gasteiger partial charge on any atom is 0.252 e. The van der Waals surface area contributed by atoms with Crippen molar-refractivity contribution in [3.8, 4) is 5.75 Å². The van der Waals surface area contributed by atoms with E-state index in [1.165, 1.54) is 5.56 Å². The third-order valence-corrected chi connectivity index (χ3v) is 4.75. The van der Waals surface area contributed by atoms with Gasteiger partial charge >= 0.3 is 0 Å². The summed E-state index contributed by atoms with van der Waals surface area (Å²) in [6, 6.07) is 13.8. The lowest BCUT2D eigenvalue weighted by Gasteiger charge is -2.19. The van der Waals surface area contributed by atoms with Crippen molar-refractivity contribution in [2.75, 3.05) is 32.1 Å². The number of hydrogen-bond acceptors (Lipinski definition) is 5. The highest BCUT2D eigenvalue weighted by Gasteiger charge is 2.09. The standard InChI is InChI=1S/C23H26N4O2/c1-27(13-9-18-6-10-24-11-7-18)21-15-20(16-25-17-21)23(28)26-12-8-19-4-3-5-22(14-19)29-2/h3-7,10-11,14-17H,8-9,12-13H2,1-2H3,(H,26,28). The molecule has 6 nitrogen and oxygen atoms in total. The van der Waals surface area contributed by atoms with Crippen molar-refractivity contribution in [2.45, 2.75) is 12.8 Å². The fourth-order valence-electron chi connectivity index (χ4n) is 2.99. The van der Waals surface area contributed by atoms with Gasteiger partial charge in [0.1, 0.15) is 5.75 Å². The lowest BCUT2D eigenvalue weighted by atomic mass is 10.1. The van der Waals surface area contributed by atoms with Crippen molar-refractivity contribution >= 4 is 11.6 Å². The van der Waals surface area contributed by atoms with Gasteiger partial charge in [0, 0.05) is 38.7 Å². The minimum Gasteiger partial charge on any atom is -0.497 e. The maximum absolute atomic E-state index is 12.5. The van der Waals surface area contributed by atoms with Crippen LogP contribution in [-0.4, -0.2) is 43.1 Å². The van der Waals surface area contributed by atoms with E-state index in [9.17, 15) is 4.79 Å². The van der Waals surface area contributed by atoms with E-state index in [0.717, 1.165) is 36.4 Å². The summed E-state index contributed by atoms with van der Waals surface area (Å²) in [4.78, 5) is 22.9. The molecule has 1 aromatic carbocycles. The minimum absolute atomic E-state index is 0.121. The van der Waals surface area contributed by atoms with Crippen LogP contribution in [0.5, 0.6) is 5.75 Å². The van der Waals surface area contributed by atoms with Gasteiger partial charge in [-0.25, -0.2) is 0 Å². The first-order valence-electron chi connectivity index (χ1n) is 9.62. The van der Waals surface area contributed by atoms with E-state index in [-0.39, 0.29) is 5.91 Å². The molecule has 0 fully saturated rings. The van der Waals surface area contributed by atoms with Gasteiger partial charge in [-0.15, -0.1) is 0 Å². The molecule has 0 spiro atoms. The molecule has 1 N–H and O–H groups in total. The van der Waals surface area contributed by atoms with Crippen molar-refractivity contribution in [3.63, 3.8) is 0 Å².